The fourth-order valence-corrected chi connectivity index (χ4v) is 7.64. The summed E-state index contributed by atoms with van der Waals surface area (Å²) in [6.07, 6.45) is 7.29. The number of nitrogens with one attached hydrogen (secondary N) is 1. The van der Waals surface area contributed by atoms with Gasteiger partial charge in [0, 0.05) is 51.0 Å². The summed E-state index contributed by atoms with van der Waals surface area (Å²) in [5.74, 6) is 0.207. The first-order valence-electron chi connectivity index (χ1n) is 14.3. The van der Waals surface area contributed by atoms with Crippen molar-refractivity contribution in [3.8, 4) is 0 Å². The van der Waals surface area contributed by atoms with Crippen LogP contribution in [-0.4, -0.2) is 94.9 Å². The Kier molecular flexibility index (Phi) is 8.07. The highest BCUT2D eigenvalue weighted by molar-refractivity contribution is 5.79. The van der Waals surface area contributed by atoms with Crippen molar-refractivity contribution in [2.45, 2.75) is 88.5 Å². The van der Waals surface area contributed by atoms with Crippen molar-refractivity contribution in [3.63, 3.8) is 0 Å². The highest BCUT2D eigenvalue weighted by Crippen LogP contribution is 2.48. The van der Waals surface area contributed by atoms with Crippen LogP contribution >= 0.6 is 0 Å². The second-order valence-electron chi connectivity index (χ2n) is 11.9. The van der Waals surface area contributed by atoms with Crippen molar-refractivity contribution in [2.75, 3.05) is 39.5 Å². The fraction of sp³-hybridized carbons (Fsp3) is 0.724. The quantitative estimate of drug-likeness (QED) is 0.531. The molecular formula is C29H44N4O4. The molecule has 0 aliphatic carbocycles. The molecule has 4 heterocycles. The van der Waals surface area contributed by atoms with E-state index in [0.29, 0.717) is 18.0 Å². The molecule has 204 valence electrons. The zero-order chi connectivity index (χ0) is 26.0. The van der Waals surface area contributed by atoms with E-state index in [2.05, 4.69) is 33.9 Å². The molecule has 1 aromatic rings. The molecule has 8 nitrogen and oxygen atoms in total. The number of nitrogens with zero attached hydrogens (tertiary/aromatic N) is 3. The number of amides is 3. The van der Waals surface area contributed by atoms with Crippen molar-refractivity contribution >= 4 is 11.9 Å². The number of hydrogen-bond acceptors (Lipinski definition) is 5. The summed E-state index contributed by atoms with van der Waals surface area (Å²) in [4.78, 5) is 32.7. The summed E-state index contributed by atoms with van der Waals surface area (Å²) in [6.45, 7) is 8.07. The number of benzene rings is 1. The number of piperidine rings is 1. The van der Waals surface area contributed by atoms with Crippen LogP contribution in [0.25, 0.3) is 0 Å². The van der Waals surface area contributed by atoms with Gasteiger partial charge in [-0.25, -0.2) is 4.79 Å². The molecule has 8 heteroatoms. The number of aliphatic hydroxyl groups excluding tert-OH is 1. The number of aliphatic hydroxyl groups is 1. The molecule has 0 radical (unpaired) electrons. The number of rotatable bonds is 9. The Bertz CT molecular complexity index is 921. The molecule has 3 atom stereocenters. The van der Waals surface area contributed by atoms with Crippen LogP contribution in [0, 0.1) is 5.92 Å². The number of urea groups is 1. The van der Waals surface area contributed by atoms with Gasteiger partial charge in [0.05, 0.1) is 11.6 Å². The first-order valence-corrected chi connectivity index (χ1v) is 14.3. The Hall–Kier alpha value is -2.16. The summed E-state index contributed by atoms with van der Waals surface area (Å²) in [6, 6.07) is 11.3. The molecule has 5 rings (SSSR count). The van der Waals surface area contributed by atoms with Crippen LogP contribution in [0.4, 0.5) is 4.79 Å². The van der Waals surface area contributed by atoms with Gasteiger partial charge < -0.3 is 25.0 Å². The predicted octanol–water partition coefficient (Wildman–Crippen LogP) is 3.16. The number of carbonyl (C=O) groups is 2. The molecule has 37 heavy (non-hydrogen) atoms. The topological polar surface area (TPSA) is 85.4 Å². The van der Waals surface area contributed by atoms with Crippen molar-refractivity contribution in [2.24, 2.45) is 5.92 Å². The van der Waals surface area contributed by atoms with E-state index in [9.17, 15) is 14.7 Å². The van der Waals surface area contributed by atoms with Crippen LogP contribution < -0.4 is 5.32 Å². The maximum Gasteiger partial charge on any atom is 0.320 e. The predicted molar refractivity (Wildman–Crippen MR) is 142 cm³/mol. The average Bonchev–Trinajstić information content (AvgIpc) is 3.31. The van der Waals surface area contributed by atoms with Gasteiger partial charge in [-0.05, 0) is 70.3 Å². The minimum absolute atomic E-state index is 0.0807. The van der Waals surface area contributed by atoms with E-state index in [-0.39, 0.29) is 29.6 Å². The smallest absolute Gasteiger partial charge is 0.320 e. The molecule has 3 amide bonds. The number of hydrogen-bond donors (Lipinski definition) is 2. The van der Waals surface area contributed by atoms with E-state index >= 15 is 0 Å². The zero-order valence-corrected chi connectivity index (χ0v) is 22.5. The van der Waals surface area contributed by atoms with Crippen molar-refractivity contribution in [3.05, 3.63) is 35.9 Å². The highest BCUT2D eigenvalue weighted by Gasteiger charge is 2.57. The van der Waals surface area contributed by atoms with E-state index < -0.39 is 6.61 Å². The van der Waals surface area contributed by atoms with Crippen LogP contribution in [0.1, 0.15) is 70.4 Å². The van der Waals surface area contributed by atoms with E-state index in [0.717, 1.165) is 70.5 Å². The van der Waals surface area contributed by atoms with Gasteiger partial charge in [0.2, 0.25) is 5.91 Å². The van der Waals surface area contributed by atoms with E-state index in [1.165, 1.54) is 12.8 Å². The SMILES string of the molecule is CC(C)N1C(=O)N(CC2CCOCC2)CC12CC1CCC(C2)N1CC[C@H](NC(=O)CO)c1ccccc1. The molecule has 1 aromatic carbocycles. The van der Waals surface area contributed by atoms with Gasteiger partial charge in [-0.2, -0.15) is 0 Å². The molecule has 4 aliphatic heterocycles. The van der Waals surface area contributed by atoms with E-state index in [1.54, 1.807) is 0 Å². The third-order valence-electron chi connectivity index (χ3n) is 9.17. The summed E-state index contributed by atoms with van der Waals surface area (Å²) < 4.78 is 5.55. The van der Waals surface area contributed by atoms with Gasteiger partial charge >= 0.3 is 6.03 Å². The molecule has 4 saturated heterocycles. The molecule has 0 saturated carbocycles. The average molecular weight is 513 g/mol. The lowest BCUT2D eigenvalue weighted by atomic mass is 9.81. The molecule has 2 unspecified atom stereocenters. The summed E-state index contributed by atoms with van der Waals surface area (Å²) in [5.41, 5.74) is 0.990. The number of ether oxygens (including phenoxy) is 1. The Morgan fingerprint density at radius 3 is 2.41 bits per heavy atom. The summed E-state index contributed by atoms with van der Waals surface area (Å²) in [7, 11) is 0. The molecule has 0 aromatic heterocycles. The standard InChI is InChI=1S/C29H44N4O4/c1-21(2)33-28(36)31(18-22-11-14-37-15-12-22)20-29(33)16-24-8-9-25(17-29)32(24)13-10-26(30-27(35)19-34)23-6-4-3-5-7-23/h3-7,21-22,24-26,34H,8-20H2,1-2H3,(H,30,35)/t24?,25?,26-,29?/m0/s1. The first-order chi connectivity index (χ1) is 17.9. The first kappa shape index (κ1) is 26.4. The van der Waals surface area contributed by atoms with Crippen molar-refractivity contribution in [1.82, 2.24) is 20.0 Å². The van der Waals surface area contributed by atoms with Crippen molar-refractivity contribution in [1.29, 1.82) is 0 Å². The van der Waals surface area contributed by atoms with Gasteiger partial charge in [0.1, 0.15) is 6.61 Å². The van der Waals surface area contributed by atoms with Gasteiger partial charge in [-0.3, -0.25) is 9.69 Å². The Morgan fingerprint density at radius 1 is 1.11 bits per heavy atom. The lowest BCUT2D eigenvalue weighted by Crippen LogP contribution is -2.60. The number of carbonyl (C=O) groups excluding carboxylic acids is 2. The third-order valence-corrected chi connectivity index (χ3v) is 9.17. The van der Waals surface area contributed by atoms with Gasteiger partial charge in [-0.1, -0.05) is 30.3 Å². The normalized spacial score (nSPS) is 29.5. The van der Waals surface area contributed by atoms with E-state index in [1.807, 2.05) is 30.3 Å². The summed E-state index contributed by atoms with van der Waals surface area (Å²) >= 11 is 0. The lowest BCUT2D eigenvalue weighted by molar-refractivity contribution is -0.124. The Balaban J connectivity index is 1.27. The van der Waals surface area contributed by atoms with Gasteiger partial charge in [0.25, 0.3) is 0 Å². The van der Waals surface area contributed by atoms with Crippen LogP contribution in [-0.2, 0) is 9.53 Å². The molecule has 4 fully saturated rings. The zero-order valence-electron chi connectivity index (χ0n) is 22.5. The Labute approximate surface area is 221 Å². The van der Waals surface area contributed by atoms with Crippen LogP contribution in [0.2, 0.25) is 0 Å². The largest absolute Gasteiger partial charge is 0.387 e. The maximum absolute atomic E-state index is 13.7. The molecule has 2 N–H and O–H groups in total. The van der Waals surface area contributed by atoms with E-state index in [4.69, 9.17) is 4.74 Å². The fourth-order valence-electron chi connectivity index (χ4n) is 7.64. The second-order valence-corrected chi connectivity index (χ2v) is 11.9. The maximum atomic E-state index is 13.7. The Morgan fingerprint density at radius 2 is 1.78 bits per heavy atom. The highest BCUT2D eigenvalue weighted by atomic mass is 16.5. The van der Waals surface area contributed by atoms with Crippen molar-refractivity contribution < 1.29 is 19.4 Å². The van der Waals surface area contributed by atoms with Crippen LogP contribution in [0.5, 0.6) is 0 Å². The minimum atomic E-state index is -0.496. The molecule has 4 aliphatic rings. The second kappa shape index (κ2) is 11.3. The number of fused-ring (bicyclic) bond motifs is 2. The monoisotopic (exact) mass is 512 g/mol. The molecular weight excluding hydrogens is 468 g/mol. The third kappa shape index (κ3) is 5.52. The van der Waals surface area contributed by atoms with Crippen LogP contribution in [0.3, 0.4) is 0 Å². The van der Waals surface area contributed by atoms with Gasteiger partial charge in [0.15, 0.2) is 0 Å². The minimum Gasteiger partial charge on any atom is -0.387 e. The van der Waals surface area contributed by atoms with Crippen LogP contribution in [0.15, 0.2) is 30.3 Å². The summed E-state index contributed by atoms with van der Waals surface area (Å²) in [5, 5.41) is 12.3. The molecule has 1 spiro atoms. The lowest BCUT2D eigenvalue weighted by Gasteiger charge is -2.49. The van der Waals surface area contributed by atoms with Gasteiger partial charge in [-0.15, -0.1) is 0 Å². The molecule has 2 bridgehead atoms.